The topological polar surface area (TPSA) is 47.6 Å². The van der Waals surface area contributed by atoms with Crippen molar-refractivity contribution in [2.24, 2.45) is 0 Å². The van der Waals surface area contributed by atoms with Gasteiger partial charge in [0.1, 0.15) is 0 Å². The molecule has 16 heavy (non-hydrogen) atoms. The van der Waals surface area contributed by atoms with Gasteiger partial charge in [-0.15, -0.1) is 0 Å². The Hall–Kier alpha value is -0.870. The van der Waals surface area contributed by atoms with E-state index in [1.807, 2.05) is 20.8 Å². The Morgan fingerprint density at radius 1 is 1.31 bits per heavy atom. The first-order valence-electron chi connectivity index (χ1n) is 5.89. The Morgan fingerprint density at radius 2 is 1.94 bits per heavy atom. The number of carbonyl (C=O) groups excluding carboxylic acids is 1. The number of hydrogen-bond donors (Lipinski definition) is 1. The third-order valence-corrected chi connectivity index (χ3v) is 2.64. The number of hydrogen-bond acceptors (Lipinski definition) is 3. The minimum atomic E-state index is -0.191. The third-order valence-electron chi connectivity index (χ3n) is 2.64. The Morgan fingerprint density at radius 3 is 2.38 bits per heavy atom. The monoisotopic (exact) mass is 227 g/mol. The molecule has 1 amide bonds. The summed E-state index contributed by atoms with van der Waals surface area (Å²) >= 11 is 0. The van der Waals surface area contributed by atoms with Gasteiger partial charge < -0.3 is 14.8 Å². The summed E-state index contributed by atoms with van der Waals surface area (Å²) in [5.41, 5.74) is 2.03. The average molecular weight is 227 g/mol. The highest BCUT2D eigenvalue weighted by atomic mass is 16.7. The SMILES string of the molecule is CCOC(CCC1=C(C)CNC1=O)OCC. The normalized spacial score (nSPS) is 16.1. The third kappa shape index (κ3) is 3.61. The summed E-state index contributed by atoms with van der Waals surface area (Å²) in [6.07, 6.45) is 1.27. The molecule has 0 radical (unpaired) electrons. The van der Waals surface area contributed by atoms with E-state index in [1.165, 1.54) is 0 Å². The van der Waals surface area contributed by atoms with Crippen molar-refractivity contribution in [3.05, 3.63) is 11.1 Å². The Labute approximate surface area is 97.0 Å². The fourth-order valence-corrected chi connectivity index (χ4v) is 1.80. The van der Waals surface area contributed by atoms with E-state index in [0.717, 1.165) is 24.0 Å². The standard InChI is InChI=1S/C12H21NO3/c1-4-15-11(16-5-2)7-6-10-9(3)8-13-12(10)14/h11H,4-8H2,1-3H3,(H,13,14). The first kappa shape index (κ1) is 13.2. The molecule has 4 heteroatoms. The minimum Gasteiger partial charge on any atom is -0.353 e. The van der Waals surface area contributed by atoms with E-state index in [1.54, 1.807) is 0 Å². The Bertz CT molecular complexity index is 267. The predicted molar refractivity (Wildman–Crippen MR) is 62.0 cm³/mol. The highest BCUT2D eigenvalue weighted by molar-refractivity contribution is 5.96. The van der Waals surface area contributed by atoms with E-state index in [-0.39, 0.29) is 12.2 Å². The molecule has 0 spiro atoms. The van der Waals surface area contributed by atoms with Crippen LogP contribution in [-0.4, -0.2) is 32.0 Å². The van der Waals surface area contributed by atoms with Crippen LogP contribution in [0.4, 0.5) is 0 Å². The second-order valence-corrected chi connectivity index (χ2v) is 3.82. The lowest BCUT2D eigenvalue weighted by Gasteiger charge is -2.16. The molecule has 1 aliphatic heterocycles. The molecule has 4 nitrogen and oxygen atoms in total. The van der Waals surface area contributed by atoms with E-state index in [4.69, 9.17) is 9.47 Å². The molecule has 1 N–H and O–H groups in total. The number of ether oxygens (including phenoxy) is 2. The van der Waals surface area contributed by atoms with E-state index >= 15 is 0 Å². The number of amides is 1. The fourth-order valence-electron chi connectivity index (χ4n) is 1.80. The van der Waals surface area contributed by atoms with Gasteiger partial charge in [0.15, 0.2) is 6.29 Å². The zero-order chi connectivity index (χ0) is 12.0. The van der Waals surface area contributed by atoms with E-state index in [2.05, 4.69) is 5.32 Å². The Kier molecular flexibility index (Phi) is 5.49. The van der Waals surface area contributed by atoms with Crippen molar-refractivity contribution in [1.29, 1.82) is 0 Å². The quantitative estimate of drug-likeness (QED) is 0.672. The molecule has 92 valence electrons. The van der Waals surface area contributed by atoms with Gasteiger partial charge in [-0.3, -0.25) is 4.79 Å². The molecule has 1 aliphatic rings. The van der Waals surface area contributed by atoms with Crippen molar-refractivity contribution in [2.75, 3.05) is 19.8 Å². The van der Waals surface area contributed by atoms with Crippen molar-refractivity contribution < 1.29 is 14.3 Å². The van der Waals surface area contributed by atoms with Gasteiger partial charge in [-0.2, -0.15) is 0 Å². The van der Waals surface area contributed by atoms with Gasteiger partial charge in [0, 0.05) is 31.8 Å². The zero-order valence-electron chi connectivity index (χ0n) is 10.3. The highest BCUT2D eigenvalue weighted by Crippen LogP contribution is 2.18. The van der Waals surface area contributed by atoms with Gasteiger partial charge in [0.25, 0.3) is 0 Å². The van der Waals surface area contributed by atoms with Crippen LogP contribution in [0.3, 0.4) is 0 Å². The number of carbonyl (C=O) groups is 1. The lowest BCUT2D eigenvalue weighted by atomic mass is 10.1. The zero-order valence-corrected chi connectivity index (χ0v) is 10.3. The number of rotatable bonds is 7. The number of nitrogens with one attached hydrogen (secondary N) is 1. The summed E-state index contributed by atoms with van der Waals surface area (Å²) in [4.78, 5) is 11.5. The van der Waals surface area contributed by atoms with Crippen LogP contribution in [0.25, 0.3) is 0 Å². The van der Waals surface area contributed by atoms with Crippen LogP contribution in [0.15, 0.2) is 11.1 Å². The second kappa shape index (κ2) is 6.66. The second-order valence-electron chi connectivity index (χ2n) is 3.82. The molecule has 0 saturated heterocycles. The van der Waals surface area contributed by atoms with Gasteiger partial charge in [-0.1, -0.05) is 0 Å². The van der Waals surface area contributed by atoms with Gasteiger partial charge >= 0.3 is 0 Å². The van der Waals surface area contributed by atoms with Crippen molar-refractivity contribution in [3.8, 4) is 0 Å². The summed E-state index contributed by atoms with van der Waals surface area (Å²) in [7, 11) is 0. The molecule has 0 aromatic carbocycles. The predicted octanol–water partition coefficient (Wildman–Crippen LogP) is 1.61. The molecule has 0 unspecified atom stereocenters. The molecular weight excluding hydrogens is 206 g/mol. The van der Waals surface area contributed by atoms with E-state index in [9.17, 15) is 4.79 Å². The van der Waals surface area contributed by atoms with Crippen LogP contribution >= 0.6 is 0 Å². The maximum absolute atomic E-state index is 11.5. The summed E-state index contributed by atoms with van der Waals surface area (Å²) in [6.45, 7) is 7.83. The van der Waals surface area contributed by atoms with Gasteiger partial charge in [0.2, 0.25) is 5.91 Å². The summed E-state index contributed by atoms with van der Waals surface area (Å²) < 4.78 is 10.9. The van der Waals surface area contributed by atoms with Gasteiger partial charge in [-0.25, -0.2) is 0 Å². The summed E-state index contributed by atoms with van der Waals surface area (Å²) in [5.74, 6) is 0.0595. The molecule has 0 aromatic rings. The first-order valence-corrected chi connectivity index (χ1v) is 5.89. The highest BCUT2D eigenvalue weighted by Gasteiger charge is 2.20. The van der Waals surface area contributed by atoms with Crippen LogP contribution in [0.2, 0.25) is 0 Å². The van der Waals surface area contributed by atoms with Crippen molar-refractivity contribution in [3.63, 3.8) is 0 Å². The largest absolute Gasteiger partial charge is 0.353 e. The molecule has 0 bridgehead atoms. The molecule has 1 heterocycles. The minimum absolute atomic E-state index is 0.0595. The molecule has 0 fully saturated rings. The molecule has 0 aromatic heterocycles. The average Bonchev–Trinajstić information content (AvgIpc) is 2.56. The van der Waals surface area contributed by atoms with Crippen LogP contribution in [-0.2, 0) is 14.3 Å². The molecule has 0 aliphatic carbocycles. The van der Waals surface area contributed by atoms with Gasteiger partial charge in [-0.05, 0) is 32.8 Å². The maximum atomic E-state index is 11.5. The lowest BCUT2D eigenvalue weighted by molar-refractivity contribution is -0.139. The van der Waals surface area contributed by atoms with Crippen molar-refractivity contribution in [1.82, 2.24) is 5.32 Å². The molecule has 0 saturated carbocycles. The van der Waals surface area contributed by atoms with Gasteiger partial charge in [0.05, 0.1) is 0 Å². The molecular formula is C12H21NO3. The smallest absolute Gasteiger partial charge is 0.247 e. The van der Waals surface area contributed by atoms with Crippen molar-refractivity contribution in [2.45, 2.75) is 39.9 Å². The first-order chi connectivity index (χ1) is 7.69. The lowest BCUT2D eigenvalue weighted by Crippen LogP contribution is -2.20. The summed E-state index contributed by atoms with van der Waals surface area (Å²) in [5, 5.41) is 2.81. The molecule has 0 atom stereocenters. The maximum Gasteiger partial charge on any atom is 0.247 e. The van der Waals surface area contributed by atoms with E-state index in [0.29, 0.717) is 19.8 Å². The summed E-state index contributed by atoms with van der Waals surface area (Å²) in [6, 6.07) is 0. The van der Waals surface area contributed by atoms with Crippen LogP contribution in [0, 0.1) is 0 Å². The Balaban J connectivity index is 2.42. The van der Waals surface area contributed by atoms with Crippen LogP contribution in [0.5, 0.6) is 0 Å². The van der Waals surface area contributed by atoms with Crippen molar-refractivity contribution >= 4 is 5.91 Å². The van der Waals surface area contributed by atoms with E-state index < -0.39 is 0 Å². The van der Waals surface area contributed by atoms with Crippen LogP contribution in [0.1, 0.15) is 33.6 Å². The van der Waals surface area contributed by atoms with Crippen LogP contribution < -0.4 is 5.32 Å². The molecule has 1 rings (SSSR count). The fraction of sp³-hybridized carbons (Fsp3) is 0.750.